The Morgan fingerprint density at radius 3 is 1.95 bits per heavy atom. The lowest BCUT2D eigenvalue weighted by atomic mass is 9.79. The summed E-state index contributed by atoms with van der Waals surface area (Å²) in [7, 11) is 0. The molecule has 0 radical (unpaired) electrons. The summed E-state index contributed by atoms with van der Waals surface area (Å²) in [6.45, 7) is 23.7. The van der Waals surface area contributed by atoms with Gasteiger partial charge in [0.05, 0.1) is 5.69 Å². The van der Waals surface area contributed by atoms with Crippen LogP contribution in [0.2, 0.25) is 0 Å². The van der Waals surface area contributed by atoms with Crippen LogP contribution in [0.4, 0.5) is 17.1 Å². The Morgan fingerprint density at radius 2 is 1.15 bits per heavy atom. The molecule has 3 heteroatoms. The SMILES string of the molecule is CC(C)(C)c1cc(C(C)(C)C)c2sc3cc4c(cc3c2c1)C(C)(C)c1cccc(N(c2ccc3c(c2)C(C)(C)c2ccccc2-3)c2ccc3oc5ccccc5c3c2)c1-4. The Morgan fingerprint density at radius 1 is 0.492 bits per heavy atom. The number of thiophene rings is 1. The monoisotopic (exact) mass is 785 g/mol. The van der Waals surface area contributed by atoms with Gasteiger partial charge in [0.25, 0.3) is 0 Å². The lowest BCUT2D eigenvalue weighted by molar-refractivity contribution is 0.573. The zero-order valence-electron chi connectivity index (χ0n) is 35.9. The molecule has 59 heavy (non-hydrogen) atoms. The Hall–Kier alpha value is -5.64. The van der Waals surface area contributed by atoms with E-state index in [1.807, 2.05) is 11.3 Å². The quantitative estimate of drug-likeness (QED) is 0.177. The first kappa shape index (κ1) is 36.4. The first-order valence-electron chi connectivity index (χ1n) is 21.2. The van der Waals surface area contributed by atoms with E-state index in [9.17, 15) is 0 Å². The number of furan rings is 1. The van der Waals surface area contributed by atoms with E-state index in [-0.39, 0.29) is 21.7 Å². The van der Waals surface area contributed by atoms with Crippen molar-refractivity contribution in [3.63, 3.8) is 0 Å². The van der Waals surface area contributed by atoms with Gasteiger partial charge in [-0.1, -0.05) is 136 Å². The highest BCUT2D eigenvalue weighted by molar-refractivity contribution is 7.26. The molecular weight excluding hydrogens is 735 g/mol. The Balaban J connectivity index is 1.18. The van der Waals surface area contributed by atoms with Crippen LogP contribution in [0.15, 0.2) is 132 Å². The fourth-order valence-corrected chi connectivity index (χ4v) is 11.9. The van der Waals surface area contributed by atoms with E-state index in [1.54, 1.807) is 0 Å². The number of fused-ring (bicyclic) bond motifs is 12. The number of anilines is 3. The third-order valence-electron chi connectivity index (χ3n) is 13.7. The number of para-hydroxylation sites is 1. The van der Waals surface area contributed by atoms with Crippen molar-refractivity contribution in [2.45, 2.75) is 90.9 Å². The molecule has 0 amide bonds. The van der Waals surface area contributed by atoms with Gasteiger partial charge in [0.2, 0.25) is 0 Å². The molecule has 2 aromatic heterocycles. The minimum atomic E-state index is -0.199. The number of rotatable bonds is 3. The van der Waals surface area contributed by atoms with Crippen molar-refractivity contribution in [3.05, 3.63) is 161 Å². The Bertz CT molecular complexity index is 3240. The Labute approximate surface area is 352 Å². The third-order valence-corrected chi connectivity index (χ3v) is 14.9. The van der Waals surface area contributed by atoms with E-state index in [2.05, 4.69) is 202 Å². The van der Waals surface area contributed by atoms with Gasteiger partial charge in [0.1, 0.15) is 11.2 Å². The molecule has 0 unspecified atom stereocenters. The fourth-order valence-electron chi connectivity index (χ4n) is 10.4. The summed E-state index contributed by atoms with van der Waals surface area (Å²) >= 11 is 1.97. The van der Waals surface area contributed by atoms with Crippen molar-refractivity contribution in [1.82, 2.24) is 0 Å². The van der Waals surface area contributed by atoms with Crippen LogP contribution >= 0.6 is 11.3 Å². The van der Waals surface area contributed by atoms with Gasteiger partial charge in [0, 0.05) is 58.7 Å². The lowest BCUT2D eigenvalue weighted by Crippen LogP contribution is -2.17. The van der Waals surface area contributed by atoms with Crippen molar-refractivity contribution in [2.75, 3.05) is 4.90 Å². The molecule has 0 N–H and O–H groups in total. The van der Waals surface area contributed by atoms with Crippen LogP contribution in [0.3, 0.4) is 0 Å². The molecule has 2 aliphatic rings. The highest BCUT2D eigenvalue weighted by Crippen LogP contribution is 2.58. The summed E-state index contributed by atoms with van der Waals surface area (Å²) in [6.07, 6.45) is 0. The molecule has 0 aliphatic heterocycles. The van der Waals surface area contributed by atoms with Gasteiger partial charge in [-0.3, -0.25) is 0 Å². The zero-order chi connectivity index (χ0) is 41.0. The highest BCUT2D eigenvalue weighted by atomic mass is 32.1. The summed E-state index contributed by atoms with van der Waals surface area (Å²) in [5, 5.41) is 5.02. The van der Waals surface area contributed by atoms with Gasteiger partial charge in [-0.25, -0.2) is 0 Å². The predicted molar refractivity (Wildman–Crippen MR) is 254 cm³/mol. The third kappa shape index (κ3) is 5.16. The van der Waals surface area contributed by atoms with E-state index in [4.69, 9.17) is 4.42 Å². The maximum absolute atomic E-state index is 6.37. The molecule has 2 heterocycles. The van der Waals surface area contributed by atoms with Gasteiger partial charge in [0.15, 0.2) is 0 Å². The molecular formula is C56H51NOS. The molecule has 2 nitrogen and oxygen atoms in total. The van der Waals surface area contributed by atoms with E-state index < -0.39 is 0 Å². The van der Waals surface area contributed by atoms with Crippen molar-refractivity contribution in [3.8, 4) is 22.3 Å². The average Bonchev–Trinajstić information content (AvgIpc) is 3.88. The minimum absolute atomic E-state index is 0.0237. The molecule has 2 aliphatic carbocycles. The lowest BCUT2D eigenvalue weighted by Gasteiger charge is -2.30. The maximum atomic E-state index is 6.37. The predicted octanol–water partition coefficient (Wildman–Crippen LogP) is 16.6. The van der Waals surface area contributed by atoms with Crippen molar-refractivity contribution >= 4 is 70.5 Å². The van der Waals surface area contributed by atoms with Crippen LogP contribution in [-0.4, -0.2) is 0 Å². The number of hydrogen-bond acceptors (Lipinski definition) is 3. The normalized spacial score (nSPS) is 15.2. The van der Waals surface area contributed by atoms with Crippen LogP contribution < -0.4 is 4.90 Å². The number of hydrogen-bond donors (Lipinski definition) is 0. The summed E-state index contributed by atoms with van der Waals surface area (Å²) in [5.74, 6) is 0. The summed E-state index contributed by atoms with van der Waals surface area (Å²) < 4.78 is 9.14. The fraction of sp³-hybridized carbons (Fsp3) is 0.250. The first-order chi connectivity index (χ1) is 28.0. The summed E-state index contributed by atoms with van der Waals surface area (Å²) in [4.78, 5) is 2.52. The highest BCUT2D eigenvalue weighted by Gasteiger charge is 2.40. The molecule has 0 atom stereocenters. The van der Waals surface area contributed by atoms with E-state index >= 15 is 0 Å². The molecule has 0 saturated heterocycles. The molecule has 0 fully saturated rings. The van der Waals surface area contributed by atoms with Gasteiger partial charge >= 0.3 is 0 Å². The molecule has 11 rings (SSSR count). The van der Waals surface area contributed by atoms with Gasteiger partial charge in [-0.15, -0.1) is 11.3 Å². The molecule has 0 spiro atoms. The van der Waals surface area contributed by atoms with Crippen molar-refractivity contribution in [2.24, 2.45) is 0 Å². The van der Waals surface area contributed by atoms with Crippen molar-refractivity contribution in [1.29, 1.82) is 0 Å². The smallest absolute Gasteiger partial charge is 0.135 e. The van der Waals surface area contributed by atoms with Gasteiger partial charge in [-0.2, -0.15) is 0 Å². The van der Waals surface area contributed by atoms with Crippen LogP contribution in [0.5, 0.6) is 0 Å². The molecule has 0 saturated carbocycles. The Kier molecular flexibility index (Phi) is 7.40. The second-order valence-electron chi connectivity index (χ2n) is 20.2. The van der Waals surface area contributed by atoms with Gasteiger partial charge < -0.3 is 9.32 Å². The number of nitrogens with zero attached hydrogens (tertiary/aromatic N) is 1. The molecule has 7 aromatic carbocycles. The largest absolute Gasteiger partial charge is 0.456 e. The van der Waals surface area contributed by atoms with Crippen LogP contribution in [0.25, 0.3) is 64.4 Å². The number of benzene rings is 7. The standard InChI is InChI=1S/C56H51NOS/c1-53(2,3)32-26-40-39-30-45-41(31-50(39)59-52(40)46(27-32)54(4,5)6)51-43(56(45,9)10)19-15-20-47(51)57(33-23-25-49-38(28-33)37-17-12-14-21-48(37)58-49)34-22-24-36-35-16-11-13-18-42(35)55(7,8)44(36)29-34/h11-31H,1-10H3. The van der Waals surface area contributed by atoms with E-state index in [1.165, 1.54) is 81.5 Å². The summed E-state index contributed by atoms with van der Waals surface area (Å²) in [6, 6.07) is 48.3. The van der Waals surface area contributed by atoms with E-state index in [0.29, 0.717) is 0 Å². The van der Waals surface area contributed by atoms with Crippen LogP contribution in [-0.2, 0) is 21.7 Å². The molecule has 9 aromatic rings. The van der Waals surface area contributed by atoms with Gasteiger partial charge in [-0.05, 0) is 122 Å². The average molecular weight is 786 g/mol. The van der Waals surface area contributed by atoms with E-state index in [0.717, 1.165) is 33.3 Å². The zero-order valence-corrected chi connectivity index (χ0v) is 36.7. The summed E-state index contributed by atoms with van der Waals surface area (Å²) in [5.41, 5.74) is 18.7. The van der Waals surface area contributed by atoms with Crippen molar-refractivity contribution < 1.29 is 4.42 Å². The second-order valence-corrected chi connectivity index (χ2v) is 21.3. The first-order valence-corrected chi connectivity index (χ1v) is 22.0. The topological polar surface area (TPSA) is 16.4 Å². The molecule has 292 valence electrons. The van der Waals surface area contributed by atoms with Crippen LogP contribution in [0, 0.1) is 0 Å². The molecule has 0 bridgehead atoms. The second kappa shape index (κ2) is 12.0. The maximum Gasteiger partial charge on any atom is 0.135 e. The minimum Gasteiger partial charge on any atom is -0.456 e. The van der Waals surface area contributed by atoms with Crippen LogP contribution in [0.1, 0.15) is 103 Å².